The lowest BCUT2D eigenvalue weighted by molar-refractivity contribution is -0.154. The Hall–Kier alpha value is -5.50. The highest BCUT2D eigenvalue weighted by molar-refractivity contribution is 7.90. The van der Waals surface area contributed by atoms with E-state index in [1.807, 2.05) is 36.4 Å². The van der Waals surface area contributed by atoms with Gasteiger partial charge in [-0.15, -0.1) is 0 Å². The molecule has 1 fully saturated rings. The number of esters is 3. The zero-order valence-corrected chi connectivity index (χ0v) is 32.0. The summed E-state index contributed by atoms with van der Waals surface area (Å²) in [4.78, 5) is 50.3. The van der Waals surface area contributed by atoms with E-state index in [-0.39, 0.29) is 11.7 Å². The predicted molar refractivity (Wildman–Crippen MR) is 202 cm³/mol. The maximum absolute atomic E-state index is 13.9. The Morgan fingerprint density at radius 1 is 0.855 bits per heavy atom. The molecule has 1 heterocycles. The zero-order valence-electron chi connectivity index (χ0n) is 31.2. The van der Waals surface area contributed by atoms with E-state index in [0.29, 0.717) is 48.9 Å². The van der Waals surface area contributed by atoms with E-state index in [9.17, 15) is 37.1 Å². The van der Waals surface area contributed by atoms with Crippen LogP contribution in [0.2, 0.25) is 0 Å². The lowest BCUT2D eigenvalue weighted by Crippen LogP contribution is -2.55. The molecule has 0 unspecified atom stereocenters. The summed E-state index contributed by atoms with van der Waals surface area (Å²) in [6.07, 6.45) is 2.92. The molecule has 0 aliphatic carbocycles. The lowest BCUT2D eigenvalue weighted by atomic mass is 9.78. The number of ether oxygens (including phenoxy) is 3. The summed E-state index contributed by atoms with van der Waals surface area (Å²) in [7, 11) is -3.01. The van der Waals surface area contributed by atoms with E-state index >= 15 is 0 Å². The third kappa shape index (κ3) is 13.1. The molecule has 1 aliphatic rings. The molecular formula is C42H44FNO10S. The number of anilines is 1. The number of nitrogens with zero attached hydrogens (tertiary/aromatic N) is 1. The van der Waals surface area contributed by atoms with Crippen LogP contribution in [0, 0.1) is 35.4 Å². The van der Waals surface area contributed by atoms with Crippen LogP contribution in [0.1, 0.15) is 87.3 Å². The molecule has 55 heavy (non-hydrogen) atoms. The monoisotopic (exact) mass is 773 g/mol. The van der Waals surface area contributed by atoms with Crippen LogP contribution in [-0.4, -0.2) is 68.2 Å². The van der Waals surface area contributed by atoms with Gasteiger partial charge < -0.3 is 24.2 Å². The Balaban J connectivity index is 1.58. The molecule has 0 aromatic heterocycles. The quantitative estimate of drug-likeness (QED) is 0.0700. The molecule has 1 amide bonds. The summed E-state index contributed by atoms with van der Waals surface area (Å²) in [6.45, 7) is 2.63. The Labute approximate surface area is 321 Å². The Bertz CT molecular complexity index is 2060. The van der Waals surface area contributed by atoms with Crippen molar-refractivity contribution in [3.8, 4) is 23.7 Å². The number of unbranched alkanes of at least 4 members (excludes halogenated alkanes) is 2. The van der Waals surface area contributed by atoms with Crippen molar-refractivity contribution in [2.24, 2.45) is 5.92 Å². The molecule has 290 valence electrons. The summed E-state index contributed by atoms with van der Waals surface area (Å²) in [5.74, 6) is 8.91. The molecule has 11 nitrogen and oxygen atoms in total. The summed E-state index contributed by atoms with van der Waals surface area (Å²) >= 11 is 0. The largest absolute Gasteiger partial charge is 0.462 e. The van der Waals surface area contributed by atoms with Crippen molar-refractivity contribution in [1.29, 1.82) is 0 Å². The molecule has 3 atom stereocenters. The highest BCUT2D eigenvalue weighted by Gasteiger charge is 2.48. The van der Waals surface area contributed by atoms with E-state index in [0.717, 1.165) is 11.1 Å². The molecule has 4 rings (SSSR count). The van der Waals surface area contributed by atoms with Gasteiger partial charge in [0.1, 0.15) is 35.0 Å². The maximum Gasteiger partial charge on any atom is 0.303 e. The molecule has 3 aromatic rings. The van der Waals surface area contributed by atoms with E-state index in [4.69, 9.17) is 14.2 Å². The lowest BCUT2D eigenvalue weighted by Gasteiger charge is -2.48. The molecule has 0 bridgehead atoms. The molecule has 0 radical (unpaired) electrons. The first kappa shape index (κ1) is 42.2. The van der Waals surface area contributed by atoms with Gasteiger partial charge in [0, 0.05) is 56.0 Å². The molecule has 1 saturated heterocycles. The third-order valence-electron chi connectivity index (χ3n) is 8.67. The average molecular weight is 774 g/mol. The van der Waals surface area contributed by atoms with E-state index in [1.54, 1.807) is 29.2 Å². The van der Waals surface area contributed by atoms with Gasteiger partial charge in [-0.05, 0) is 85.3 Å². The zero-order chi connectivity index (χ0) is 40.2. The predicted octanol–water partition coefficient (Wildman–Crippen LogP) is 5.39. The fourth-order valence-electron chi connectivity index (χ4n) is 5.96. The first-order valence-corrected chi connectivity index (χ1v) is 19.7. The van der Waals surface area contributed by atoms with Gasteiger partial charge in [0.05, 0.1) is 12.0 Å². The van der Waals surface area contributed by atoms with Crippen molar-refractivity contribution in [3.63, 3.8) is 0 Å². The normalized spacial score (nSPS) is 15.7. The number of hydrogen-bond donors (Lipinski definition) is 1. The summed E-state index contributed by atoms with van der Waals surface area (Å²) in [5, 5.41) is 10.9. The van der Waals surface area contributed by atoms with Gasteiger partial charge in [-0.3, -0.25) is 19.2 Å². The van der Waals surface area contributed by atoms with E-state index in [2.05, 4.69) is 23.7 Å². The van der Waals surface area contributed by atoms with Gasteiger partial charge in [0.15, 0.2) is 5.60 Å². The van der Waals surface area contributed by atoms with Gasteiger partial charge in [0.25, 0.3) is 0 Å². The van der Waals surface area contributed by atoms with Crippen LogP contribution in [0.3, 0.4) is 0 Å². The molecular weight excluding hydrogens is 730 g/mol. The number of aliphatic hydroxyl groups is 1. The Kier molecular flexibility index (Phi) is 14.7. The molecule has 13 heteroatoms. The second-order valence-corrected chi connectivity index (χ2v) is 15.6. The smallest absolute Gasteiger partial charge is 0.303 e. The molecule has 1 aliphatic heterocycles. The van der Waals surface area contributed by atoms with Gasteiger partial charge in [-0.2, -0.15) is 0 Å². The fraction of sp³-hybridized carbons (Fsp3) is 0.381. The first-order valence-electron chi connectivity index (χ1n) is 17.7. The Morgan fingerprint density at radius 2 is 1.44 bits per heavy atom. The molecule has 0 spiro atoms. The van der Waals surface area contributed by atoms with Crippen LogP contribution >= 0.6 is 0 Å². The van der Waals surface area contributed by atoms with Crippen molar-refractivity contribution >= 4 is 39.3 Å². The second kappa shape index (κ2) is 19.2. The number of benzene rings is 3. The van der Waals surface area contributed by atoms with Gasteiger partial charge in [0.2, 0.25) is 5.91 Å². The van der Waals surface area contributed by atoms with E-state index in [1.165, 1.54) is 39.2 Å². The molecule has 3 aromatic carbocycles. The summed E-state index contributed by atoms with van der Waals surface area (Å²) in [6, 6.07) is 19.6. The number of amides is 1. The molecule has 1 N–H and O–H groups in total. The minimum Gasteiger partial charge on any atom is -0.462 e. The second-order valence-electron chi connectivity index (χ2n) is 13.4. The minimum absolute atomic E-state index is 0.126. The van der Waals surface area contributed by atoms with Crippen LogP contribution in [0.5, 0.6) is 0 Å². The van der Waals surface area contributed by atoms with Crippen LogP contribution in [0.15, 0.2) is 72.8 Å². The number of carbonyl (C=O) groups is 4. The minimum atomic E-state index is -3.01. The van der Waals surface area contributed by atoms with E-state index < -0.39 is 70.4 Å². The van der Waals surface area contributed by atoms with Crippen LogP contribution in [0.25, 0.3) is 0 Å². The number of sulfone groups is 1. The van der Waals surface area contributed by atoms with Crippen molar-refractivity contribution in [3.05, 3.63) is 101 Å². The van der Waals surface area contributed by atoms with Gasteiger partial charge in [-0.25, -0.2) is 12.8 Å². The number of halogens is 1. The first-order chi connectivity index (χ1) is 26.0. The van der Waals surface area contributed by atoms with Crippen LogP contribution in [-0.2, 0) is 43.2 Å². The van der Waals surface area contributed by atoms with Crippen molar-refractivity contribution in [2.75, 3.05) is 30.1 Å². The highest BCUT2D eigenvalue weighted by Crippen LogP contribution is 2.46. The fourth-order valence-corrected chi connectivity index (χ4v) is 6.69. The van der Waals surface area contributed by atoms with Gasteiger partial charge >= 0.3 is 17.9 Å². The maximum atomic E-state index is 13.9. The summed E-state index contributed by atoms with van der Waals surface area (Å²) in [5.41, 5.74) is 1.32. The van der Waals surface area contributed by atoms with Crippen LogP contribution in [0.4, 0.5) is 10.1 Å². The molecule has 0 saturated carbocycles. The number of β-lactam (4-membered cyclic amide) rings is 1. The van der Waals surface area contributed by atoms with Crippen molar-refractivity contribution < 1.29 is 51.3 Å². The number of rotatable bonds is 15. The third-order valence-corrected chi connectivity index (χ3v) is 9.70. The standard InChI is InChI=1S/C42H44FNO10S/c1-29(45)52-27-42(49,28-53-30(2)46)25-24-33-10-14-35(15-11-33)40-38(22-23-39(54-31(3)47)34-16-18-36(43)19-17-34)41(48)44(40)37-20-12-32(13-21-37)9-7-5-6-8-26-55(4,50)51/h10-21,38-40,49H,5-6,8,22-23,26-28H2,1-4H3/t38-,39+,40-/m1/s1. The average Bonchev–Trinajstić information content (AvgIpc) is 3.13. The topological polar surface area (TPSA) is 154 Å². The van der Waals surface area contributed by atoms with Crippen molar-refractivity contribution in [1.82, 2.24) is 0 Å². The SMILES string of the molecule is CC(=O)OCC(O)(C#Cc1ccc([C@@H]2[C@@H](CC[C@H](OC(C)=O)c3ccc(F)cc3)C(=O)N2c2ccc(C#CCCCCS(C)(=O)=O)cc2)cc1)COC(C)=O. The van der Waals surface area contributed by atoms with Gasteiger partial charge in [-0.1, -0.05) is 47.9 Å². The Morgan fingerprint density at radius 3 is 2.00 bits per heavy atom. The highest BCUT2D eigenvalue weighted by atomic mass is 32.2. The van der Waals surface area contributed by atoms with Crippen molar-refractivity contribution in [2.45, 2.75) is 70.6 Å². The number of hydrogen-bond acceptors (Lipinski definition) is 10. The summed E-state index contributed by atoms with van der Waals surface area (Å²) < 4.78 is 51.8. The van der Waals surface area contributed by atoms with Crippen LogP contribution < -0.4 is 4.90 Å². The number of carbonyl (C=O) groups excluding carboxylic acids is 4.